The molecule has 0 amide bonds. The standard InChI is InChI=1S/C9H14ClN3O2/c1-3-5-14-12-8(7-11)9(10)13-15-6-4-2/h3-6H2,1-2H3. The van der Waals surface area contributed by atoms with Gasteiger partial charge in [-0.1, -0.05) is 35.8 Å². The van der Waals surface area contributed by atoms with Crippen molar-refractivity contribution < 1.29 is 9.68 Å². The van der Waals surface area contributed by atoms with Crippen LogP contribution >= 0.6 is 11.6 Å². The van der Waals surface area contributed by atoms with E-state index in [4.69, 9.17) is 26.5 Å². The zero-order chi connectivity index (χ0) is 11.5. The van der Waals surface area contributed by atoms with E-state index in [9.17, 15) is 0 Å². The fourth-order valence-electron chi connectivity index (χ4n) is 0.543. The maximum atomic E-state index is 8.67. The topological polar surface area (TPSA) is 67.0 Å². The molecule has 5 nitrogen and oxygen atoms in total. The van der Waals surface area contributed by atoms with Crippen LogP contribution in [0.4, 0.5) is 0 Å². The van der Waals surface area contributed by atoms with Crippen molar-refractivity contribution in [2.24, 2.45) is 10.3 Å². The molecule has 0 aliphatic heterocycles. The van der Waals surface area contributed by atoms with Crippen LogP contribution in [0.2, 0.25) is 0 Å². The maximum absolute atomic E-state index is 8.67. The molecule has 0 radical (unpaired) electrons. The normalized spacial score (nSPS) is 12.1. The minimum atomic E-state index is -0.0953. The molecule has 6 heteroatoms. The highest BCUT2D eigenvalue weighted by atomic mass is 35.5. The Balaban J connectivity index is 4.21. The molecule has 0 saturated carbocycles. The first-order chi connectivity index (χ1) is 7.26. The van der Waals surface area contributed by atoms with Gasteiger partial charge in [0.2, 0.25) is 10.9 Å². The zero-order valence-corrected chi connectivity index (χ0v) is 9.62. The van der Waals surface area contributed by atoms with E-state index in [-0.39, 0.29) is 10.9 Å². The summed E-state index contributed by atoms with van der Waals surface area (Å²) < 4.78 is 0. The molecule has 84 valence electrons. The summed E-state index contributed by atoms with van der Waals surface area (Å²) in [5, 5.41) is 15.6. The van der Waals surface area contributed by atoms with Crippen molar-refractivity contribution in [3.63, 3.8) is 0 Å². The molecule has 0 bridgehead atoms. The number of nitrogens with zero attached hydrogens (tertiary/aromatic N) is 3. The first-order valence-corrected chi connectivity index (χ1v) is 5.09. The second kappa shape index (κ2) is 9.28. The molecule has 0 atom stereocenters. The molecule has 0 aromatic carbocycles. The highest BCUT2D eigenvalue weighted by Crippen LogP contribution is 1.95. The number of halogens is 1. The maximum Gasteiger partial charge on any atom is 0.220 e. The number of nitriles is 1. The molecule has 0 saturated heterocycles. The fourth-order valence-corrected chi connectivity index (χ4v) is 0.668. The molecule has 0 aliphatic rings. The summed E-state index contributed by atoms with van der Waals surface area (Å²) in [5.41, 5.74) is -0.0822. The van der Waals surface area contributed by atoms with Gasteiger partial charge < -0.3 is 9.68 Å². The Hall–Kier alpha value is -1.28. The molecule has 0 heterocycles. The average molecular weight is 232 g/mol. The number of hydrogen-bond acceptors (Lipinski definition) is 5. The van der Waals surface area contributed by atoms with Gasteiger partial charge in [-0.2, -0.15) is 5.26 Å². The predicted octanol–water partition coefficient (Wildman–Crippen LogP) is 2.27. The molecule has 0 N–H and O–H groups in total. The third-order valence-electron chi connectivity index (χ3n) is 1.19. The molecule has 0 fully saturated rings. The van der Waals surface area contributed by atoms with Gasteiger partial charge in [-0.15, -0.1) is 0 Å². The minimum absolute atomic E-state index is 0.0822. The molecule has 0 aromatic heterocycles. The van der Waals surface area contributed by atoms with Crippen molar-refractivity contribution >= 4 is 22.5 Å². The quantitative estimate of drug-likeness (QED) is 0.384. The van der Waals surface area contributed by atoms with E-state index in [1.165, 1.54) is 0 Å². The summed E-state index contributed by atoms with van der Waals surface area (Å²) in [6.07, 6.45) is 1.63. The van der Waals surface area contributed by atoms with E-state index < -0.39 is 0 Å². The van der Waals surface area contributed by atoms with Crippen molar-refractivity contribution in [3.8, 4) is 6.07 Å². The Morgan fingerprint density at radius 1 is 1.20 bits per heavy atom. The van der Waals surface area contributed by atoms with E-state index in [1.54, 1.807) is 6.07 Å². The van der Waals surface area contributed by atoms with Crippen LogP contribution in [0.15, 0.2) is 10.3 Å². The summed E-state index contributed by atoms with van der Waals surface area (Å²) >= 11 is 5.65. The molecule has 0 aromatic rings. The highest BCUT2D eigenvalue weighted by molar-refractivity contribution is 6.85. The predicted molar refractivity (Wildman–Crippen MR) is 58.8 cm³/mol. The van der Waals surface area contributed by atoms with Gasteiger partial charge in [-0.25, -0.2) is 0 Å². The SMILES string of the molecule is CCCON=C(Cl)C(C#N)=NOCCC. The third-order valence-corrected chi connectivity index (χ3v) is 1.44. The third kappa shape index (κ3) is 6.75. The van der Waals surface area contributed by atoms with Gasteiger partial charge in [-0.3, -0.25) is 0 Å². The van der Waals surface area contributed by atoms with E-state index in [0.29, 0.717) is 13.2 Å². The van der Waals surface area contributed by atoms with Crippen LogP contribution in [-0.4, -0.2) is 24.1 Å². The van der Waals surface area contributed by atoms with Crippen LogP contribution in [0, 0.1) is 11.3 Å². The Kier molecular flexibility index (Phi) is 8.49. The molecule has 0 rings (SSSR count). The summed E-state index contributed by atoms with van der Waals surface area (Å²) in [4.78, 5) is 9.61. The molecule has 15 heavy (non-hydrogen) atoms. The van der Waals surface area contributed by atoms with Crippen molar-refractivity contribution in [2.45, 2.75) is 26.7 Å². The van der Waals surface area contributed by atoms with Crippen LogP contribution < -0.4 is 0 Å². The molecule has 0 aliphatic carbocycles. The Morgan fingerprint density at radius 2 is 1.73 bits per heavy atom. The average Bonchev–Trinajstić information content (AvgIpc) is 2.24. The summed E-state index contributed by atoms with van der Waals surface area (Å²) in [5.74, 6) is 0. The van der Waals surface area contributed by atoms with Gasteiger partial charge in [0.15, 0.2) is 0 Å². The van der Waals surface area contributed by atoms with E-state index >= 15 is 0 Å². The Bertz CT molecular complexity index is 271. The van der Waals surface area contributed by atoms with Crippen LogP contribution in [-0.2, 0) is 9.68 Å². The van der Waals surface area contributed by atoms with Crippen molar-refractivity contribution in [1.82, 2.24) is 0 Å². The van der Waals surface area contributed by atoms with Gasteiger partial charge in [0.05, 0.1) is 0 Å². The van der Waals surface area contributed by atoms with Gasteiger partial charge in [0, 0.05) is 0 Å². The van der Waals surface area contributed by atoms with Crippen molar-refractivity contribution in [2.75, 3.05) is 13.2 Å². The summed E-state index contributed by atoms with van der Waals surface area (Å²) in [7, 11) is 0. The smallest absolute Gasteiger partial charge is 0.220 e. The minimum Gasteiger partial charge on any atom is -0.395 e. The first-order valence-electron chi connectivity index (χ1n) is 4.72. The fraction of sp³-hybridized carbons (Fsp3) is 0.667. The summed E-state index contributed by atoms with van der Waals surface area (Å²) in [6.45, 7) is 4.75. The van der Waals surface area contributed by atoms with E-state index in [2.05, 4.69) is 10.3 Å². The zero-order valence-electron chi connectivity index (χ0n) is 8.86. The molecule has 0 unspecified atom stereocenters. The van der Waals surface area contributed by atoms with Crippen molar-refractivity contribution in [1.29, 1.82) is 5.26 Å². The Labute approximate surface area is 94.3 Å². The summed E-state index contributed by atoms with van der Waals surface area (Å²) in [6, 6.07) is 1.77. The number of oxime groups is 2. The van der Waals surface area contributed by atoms with Gasteiger partial charge in [0.25, 0.3) is 0 Å². The lowest BCUT2D eigenvalue weighted by Gasteiger charge is -1.97. The lowest BCUT2D eigenvalue weighted by atomic mass is 10.4. The van der Waals surface area contributed by atoms with Gasteiger partial charge in [0.1, 0.15) is 19.3 Å². The van der Waals surface area contributed by atoms with Crippen LogP contribution in [0.3, 0.4) is 0 Å². The van der Waals surface area contributed by atoms with Gasteiger partial charge in [-0.05, 0) is 12.8 Å². The van der Waals surface area contributed by atoms with Crippen LogP contribution in [0.5, 0.6) is 0 Å². The molecular formula is C9H14ClN3O2. The number of hydrogen-bond donors (Lipinski definition) is 0. The first kappa shape index (κ1) is 13.7. The van der Waals surface area contributed by atoms with Crippen LogP contribution in [0.1, 0.15) is 26.7 Å². The van der Waals surface area contributed by atoms with Gasteiger partial charge >= 0.3 is 0 Å². The molecule has 0 spiro atoms. The van der Waals surface area contributed by atoms with Crippen molar-refractivity contribution in [3.05, 3.63) is 0 Å². The lowest BCUT2D eigenvalue weighted by Crippen LogP contribution is -2.07. The van der Waals surface area contributed by atoms with E-state index in [1.807, 2.05) is 13.8 Å². The lowest BCUT2D eigenvalue weighted by molar-refractivity contribution is 0.143. The molecular weight excluding hydrogens is 218 g/mol. The Morgan fingerprint density at radius 3 is 2.20 bits per heavy atom. The second-order valence-corrected chi connectivity index (χ2v) is 2.96. The largest absolute Gasteiger partial charge is 0.395 e. The van der Waals surface area contributed by atoms with E-state index in [0.717, 1.165) is 12.8 Å². The highest BCUT2D eigenvalue weighted by Gasteiger charge is 2.06. The second-order valence-electron chi connectivity index (χ2n) is 2.60. The number of rotatable bonds is 7. The van der Waals surface area contributed by atoms with Crippen LogP contribution in [0.25, 0.3) is 0 Å². The monoisotopic (exact) mass is 231 g/mol.